The lowest BCUT2D eigenvalue weighted by Gasteiger charge is -2.28. The molecule has 120 valence electrons. The molecule has 1 aliphatic heterocycles. The Kier molecular flexibility index (Phi) is 4.68. The van der Waals surface area contributed by atoms with Crippen molar-refractivity contribution in [1.29, 1.82) is 0 Å². The molecule has 2 aromatic rings. The van der Waals surface area contributed by atoms with Gasteiger partial charge in [-0.25, -0.2) is 10.4 Å². The van der Waals surface area contributed by atoms with Gasteiger partial charge < -0.3 is 9.64 Å². The Hall–Kier alpha value is -2.67. The Balaban J connectivity index is 1.62. The van der Waals surface area contributed by atoms with E-state index in [1.807, 2.05) is 12.1 Å². The van der Waals surface area contributed by atoms with E-state index in [0.717, 1.165) is 31.9 Å². The molecule has 0 unspecified atom stereocenters. The molecule has 3 rings (SSSR count). The van der Waals surface area contributed by atoms with Crippen molar-refractivity contribution in [2.75, 3.05) is 36.6 Å². The number of anilines is 2. The van der Waals surface area contributed by atoms with Gasteiger partial charge in [0.25, 0.3) is 5.56 Å². The summed E-state index contributed by atoms with van der Waals surface area (Å²) in [6.45, 7) is 5.14. The molecule has 1 saturated heterocycles. The van der Waals surface area contributed by atoms with Crippen molar-refractivity contribution in [2.24, 2.45) is 5.10 Å². The molecule has 0 atom stereocenters. The van der Waals surface area contributed by atoms with E-state index in [-0.39, 0.29) is 5.56 Å². The van der Waals surface area contributed by atoms with Crippen molar-refractivity contribution in [3.05, 3.63) is 51.9 Å². The number of aromatic amines is 1. The van der Waals surface area contributed by atoms with Crippen LogP contribution in [0.3, 0.4) is 0 Å². The van der Waals surface area contributed by atoms with E-state index in [1.54, 1.807) is 13.1 Å². The number of aromatic nitrogens is 2. The first-order valence-electron chi connectivity index (χ1n) is 7.50. The average molecular weight is 313 g/mol. The van der Waals surface area contributed by atoms with Crippen molar-refractivity contribution in [3.8, 4) is 0 Å². The van der Waals surface area contributed by atoms with Crippen molar-refractivity contribution >= 4 is 17.9 Å². The molecule has 1 aromatic heterocycles. The van der Waals surface area contributed by atoms with Crippen LogP contribution >= 0.6 is 0 Å². The topological polar surface area (TPSA) is 82.6 Å². The van der Waals surface area contributed by atoms with E-state index in [1.165, 1.54) is 11.8 Å². The number of benzene rings is 1. The molecule has 0 aliphatic carbocycles. The SMILES string of the molecule is Cc1cc(=O)[nH]c(N/N=C\c2ccc(N3CCOCC3)cc2)n1. The van der Waals surface area contributed by atoms with Gasteiger partial charge >= 0.3 is 0 Å². The van der Waals surface area contributed by atoms with Gasteiger partial charge in [-0.2, -0.15) is 5.10 Å². The number of nitrogens with one attached hydrogen (secondary N) is 2. The zero-order valence-corrected chi connectivity index (χ0v) is 13.0. The van der Waals surface area contributed by atoms with Crippen molar-refractivity contribution in [3.63, 3.8) is 0 Å². The van der Waals surface area contributed by atoms with E-state index in [2.05, 4.69) is 37.5 Å². The Morgan fingerprint density at radius 1 is 1.30 bits per heavy atom. The highest BCUT2D eigenvalue weighted by molar-refractivity contribution is 5.80. The molecule has 23 heavy (non-hydrogen) atoms. The van der Waals surface area contributed by atoms with Crippen molar-refractivity contribution in [1.82, 2.24) is 9.97 Å². The first-order valence-corrected chi connectivity index (χ1v) is 7.50. The predicted molar refractivity (Wildman–Crippen MR) is 90.3 cm³/mol. The van der Waals surface area contributed by atoms with Crippen molar-refractivity contribution in [2.45, 2.75) is 6.92 Å². The summed E-state index contributed by atoms with van der Waals surface area (Å²) in [6.07, 6.45) is 1.69. The highest BCUT2D eigenvalue weighted by atomic mass is 16.5. The van der Waals surface area contributed by atoms with E-state index in [0.29, 0.717) is 11.6 Å². The highest BCUT2D eigenvalue weighted by Crippen LogP contribution is 2.15. The molecule has 1 fully saturated rings. The Morgan fingerprint density at radius 2 is 2.04 bits per heavy atom. The minimum absolute atomic E-state index is 0.204. The van der Waals surface area contributed by atoms with Gasteiger partial charge in [-0.05, 0) is 24.6 Å². The fourth-order valence-electron chi connectivity index (χ4n) is 2.39. The lowest BCUT2D eigenvalue weighted by atomic mass is 10.2. The van der Waals surface area contributed by atoms with Crippen LogP contribution in [-0.2, 0) is 4.74 Å². The van der Waals surface area contributed by atoms with Crippen LogP contribution < -0.4 is 15.9 Å². The van der Waals surface area contributed by atoms with E-state index < -0.39 is 0 Å². The number of rotatable bonds is 4. The van der Waals surface area contributed by atoms with Crippen molar-refractivity contribution < 1.29 is 4.74 Å². The first kappa shape index (κ1) is 15.2. The Labute approximate surface area is 134 Å². The fourth-order valence-corrected chi connectivity index (χ4v) is 2.39. The zero-order valence-electron chi connectivity index (χ0n) is 13.0. The number of nitrogens with zero attached hydrogens (tertiary/aromatic N) is 3. The van der Waals surface area contributed by atoms with Gasteiger partial charge in [0.2, 0.25) is 5.95 Å². The van der Waals surface area contributed by atoms with Gasteiger partial charge in [-0.15, -0.1) is 0 Å². The number of hydrazone groups is 1. The quantitative estimate of drug-likeness (QED) is 0.658. The molecule has 0 radical (unpaired) electrons. The Bertz CT molecular complexity index is 733. The number of aryl methyl sites for hydroxylation is 1. The molecule has 0 saturated carbocycles. The summed E-state index contributed by atoms with van der Waals surface area (Å²) in [5.74, 6) is 0.330. The van der Waals surface area contributed by atoms with Gasteiger partial charge in [-0.3, -0.25) is 9.78 Å². The summed E-state index contributed by atoms with van der Waals surface area (Å²) < 4.78 is 5.35. The van der Waals surface area contributed by atoms with Crippen LogP contribution in [0, 0.1) is 6.92 Å². The van der Waals surface area contributed by atoms with Gasteiger partial charge in [0.1, 0.15) is 0 Å². The molecule has 0 spiro atoms. The summed E-state index contributed by atoms with van der Waals surface area (Å²) in [7, 11) is 0. The fraction of sp³-hybridized carbons (Fsp3) is 0.312. The maximum atomic E-state index is 11.3. The standard InChI is InChI=1S/C16H19N5O2/c1-12-10-15(22)19-16(18-12)20-17-11-13-2-4-14(5-3-13)21-6-8-23-9-7-21/h2-5,10-11H,6-9H2,1H3,(H2,18,19,20,22)/b17-11-. The third-order valence-electron chi connectivity index (χ3n) is 3.52. The number of H-pyrrole nitrogens is 1. The zero-order chi connectivity index (χ0) is 16.1. The van der Waals surface area contributed by atoms with Crippen LogP contribution in [-0.4, -0.2) is 42.5 Å². The van der Waals surface area contributed by atoms with Gasteiger partial charge in [0.15, 0.2) is 0 Å². The van der Waals surface area contributed by atoms with E-state index in [9.17, 15) is 4.79 Å². The smallest absolute Gasteiger partial charge is 0.252 e. The largest absolute Gasteiger partial charge is 0.378 e. The molecule has 1 aromatic carbocycles. The third-order valence-corrected chi connectivity index (χ3v) is 3.52. The van der Waals surface area contributed by atoms with Crippen LogP contribution in [0.4, 0.5) is 11.6 Å². The number of hydrogen-bond donors (Lipinski definition) is 2. The maximum absolute atomic E-state index is 11.3. The molecule has 1 aliphatic rings. The predicted octanol–water partition coefficient (Wildman–Crippen LogP) is 1.36. The van der Waals surface area contributed by atoms with Gasteiger partial charge in [-0.1, -0.05) is 12.1 Å². The number of ether oxygens (including phenoxy) is 1. The summed E-state index contributed by atoms with van der Waals surface area (Å²) in [5.41, 5.74) is 5.31. The second-order valence-corrected chi connectivity index (χ2v) is 5.30. The lowest BCUT2D eigenvalue weighted by Crippen LogP contribution is -2.36. The molecular weight excluding hydrogens is 294 g/mol. The summed E-state index contributed by atoms with van der Waals surface area (Å²) in [4.78, 5) is 20.3. The summed E-state index contributed by atoms with van der Waals surface area (Å²) in [5, 5.41) is 4.10. The minimum atomic E-state index is -0.204. The second-order valence-electron chi connectivity index (χ2n) is 5.30. The minimum Gasteiger partial charge on any atom is -0.378 e. The molecular formula is C16H19N5O2. The average Bonchev–Trinajstić information content (AvgIpc) is 2.55. The molecule has 7 nitrogen and oxygen atoms in total. The van der Waals surface area contributed by atoms with Crippen LogP contribution in [0.5, 0.6) is 0 Å². The molecule has 0 amide bonds. The second kappa shape index (κ2) is 7.06. The Morgan fingerprint density at radius 3 is 2.74 bits per heavy atom. The van der Waals surface area contributed by atoms with Crippen LogP contribution in [0.1, 0.15) is 11.3 Å². The first-order chi connectivity index (χ1) is 11.2. The van der Waals surface area contributed by atoms with Crippen LogP contribution in [0.15, 0.2) is 40.2 Å². The number of hydrogen-bond acceptors (Lipinski definition) is 6. The monoisotopic (exact) mass is 313 g/mol. The van der Waals surface area contributed by atoms with E-state index in [4.69, 9.17) is 4.74 Å². The van der Waals surface area contributed by atoms with E-state index >= 15 is 0 Å². The molecule has 2 N–H and O–H groups in total. The number of morpholine rings is 1. The normalized spacial score (nSPS) is 15.1. The highest BCUT2D eigenvalue weighted by Gasteiger charge is 2.10. The third kappa shape index (κ3) is 4.17. The van der Waals surface area contributed by atoms with Crippen LogP contribution in [0.25, 0.3) is 0 Å². The molecule has 7 heteroatoms. The lowest BCUT2D eigenvalue weighted by molar-refractivity contribution is 0.122. The van der Waals surface area contributed by atoms with Gasteiger partial charge in [0.05, 0.1) is 19.4 Å². The summed E-state index contributed by atoms with van der Waals surface area (Å²) >= 11 is 0. The molecule has 0 bridgehead atoms. The maximum Gasteiger partial charge on any atom is 0.252 e. The molecule has 2 heterocycles. The van der Waals surface area contributed by atoms with Crippen LogP contribution in [0.2, 0.25) is 0 Å². The van der Waals surface area contributed by atoms with Gasteiger partial charge in [0, 0.05) is 30.5 Å². The summed E-state index contributed by atoms with van der Waals surface area (Å²) in [6, 6.07) is 9.57.